The van der Waals surface area contributed by atoms with Crippen LogP contribution in [0.4, 0.5) is 0 Å². The fourth-order valence-corrected chi connectivity index (χ4v) is 3.49. The van der Waals surface area contributed by atoms with Crippen LogP contribution in [0.3, 0.4) is 0 Å². The van der Waals surface area contributed by atoms with E-state index in [2.05, 4.69) is 6.58 Å². The van der Waals surface area contributed by atoms with Crippen molar-refractivity contribution in [3.8, 4) is 40.1 Å². The molecule has 0 saturated heterocycles. The smallest absolute Gasteiger partial charge is 0.239 e. The van der Waals surface area contributed by atoms with Crippen LogP contribution in [0.1, 0.15) is 12.5 Å². The molecule has 0 bridgehead atoms. The highest BCUT2D eigenvalue weighted by molar-refractivity contribution is 5.90. The van der Waals surface area contributed by atoms with Crippen molar-refractivity contribution in [1.82, 2.24) is 0 Å². The van der Waals surface area contributed by atoms with Crippen LogP contribution in [0.2, 0.25) is 0 Å². The largest absolute Gasteiger partial charge is 0.507 e. The molecule has 150 valence electrons. The second kappa shape index (κ2) is 6.77. The number of hydrogen-bond donors (Lipinski definition) is 2. The van der Waals surface area contributed by atoms with Gasteiger partial charge in [-0.05, 0) is 30.7 Å². The maximum Gasteiger partial charge on any atom is 0.239 e. The van der Waals surface area contributed by atoms with Gasteiger partial charge in [0.25, 0.3) is 0 Å². The predicted octanol–water partition coefficient (Wildman–Crippen LogP) is 3.77. The Morgan fingerprint density at radius 3 is 2.62 bits per heavy atom. The Balaban J connectivity index is 1.98. The minimum absolute atomic E-state index is 0.0288. The quantitative estimate of drug-likeness (QED) is 0.648. The van der Waals surface area contributed by atoms with Gasteiger partial charge in [-0.1, -0.05) is 6.58 Å². The van der Waals surface area contributed by atoms with Gasteiger partial charge >= 0.3 is 0 Å². The lowest BCUT2D eigenvalue weighted by Gasteiger charge is -2.12. The molecular weight excluding hydrogens is 376 g/mol. The van der Waals surface area contributed by atoms with Crippen LogP contribution in [0.5, 0.6) is 28.7 Å². The standard InChI is InChI=1S/C22H20O7/c1-10(2)14-8-12-15(28-14)9-17-18(19(12)24)20(25)22(27-4)21(29-17)11-5-6-13(23)16(7-11)26-3/h5-7,9,14,23-24H,1,8H2,2-4H3. The summed E-state index contributed by atoms with van der Waals surface area (Å²) in [7, 11) is 2.77. The molecule has 29 heavy (non-hydrogen) atoms. The van der Waals surface area contributed by atoms with Gasteiger partial charge in [-0.15, -0.1) is 0 Å². The fraction of sp³-hybridized carbons (Fsp3) is 0.227. The molecule has 7 heteroatoms. The molecule has 0 radical (unpaired) electrons. The van der Waals surface area contributed by atoms with E-state index in [0.717, 1.165) is 5.57 Å². The second-order valence-electron chi connectivity index (χ2n) is 6.91. The molecule has 0 saturated carbocycles. The maximum atomic E-state index is 13.1. The molecule has 4 rings (SSSR count). The summed E-state index contributed by atoms with van der Waals surface area (Å²) in [6, 6.07) is 6.13. The Kier molecular flexibility index (Phi) is 4.38. The molecule has 1 aromatic heterocycles. The van der Waals surface area contributed by atoms with E-state index < -0.39 is 5.43 Å². The van der Waals surface area contributed by atoms with Crippen molar-refractivity contribution in [2.75, 3.05) is 14.2 Å². The van der Waals surface area contributed by atoms with Crippen LogP contribution in [-0.4, -0.2) is 30.5 Å². The van der Waals surface area contributed by atoms with Gasteiger partial charge in [-0.3, -0.25) is 4.79 Å². The normalized spacial score (nSPS) is 15.1. The van der Waals surface area contributed by atoms with E-state index in [4.69, 9.17) is 18.6 Å². The lowest BCUT2D eigenvalue weighted by atomic mass is 10.0. The van der Waals surface area contributed by atoms with Gasteiger partial charge in [0.1, 0.15) is 28.6 Å². The number of rotatable bonds is 4. The van der Waals surface area contributed by atoms with E-state index >= 15 is 0 Å². The van der Waals surface area contributed by atoms with E-state index in [-0.39, 0.29) is 45.8 Å². The molecule has 7 nitrogen and oxygen atoms in total. The monoisotopic (exact) mass is 396 g/mol. The Hall–Kier alpha value is -3.61. The number of phenolic OH excluding ortho intramolecular Hbond substituents is 2. The van der Waals surface area contributed by atoms with Crippen molar-refractivity contribution < 1.29 is 28.8 Å². The molecule has 0 spiro atoms. The molecular formula is C22H20O7. The van der Waals surface area contributed by atoms with Gasteiger partial charge in [-0.25, -0.2) is 0 Å². The van der Waals surface area contributed by atoms with Gasteiger partial charge in [0.15, 0.2) is 17.3 Å². The average Bonchev–Trinajstić information content (AvgIpc) is 3.13. The summed E-state index contributed by atoms with van der Waals surface area (Å²) in [5.74, 6) is 0.534. The van der Waals surface area contributed by atoms with E-state index in [1.807, 2.05) is 6.92 Å². The third kappa shape index (κ3) is 2.86. The number of fused-ring (bicyclic) bond motifs is 2. The van der Waals surface area contributed by atoms with Crippen molar-refractivity contribution in [3.05, 3.63) is 52.2 Å². The molecule has 3 aromatic rings. The van der Waals surface area contributed by atoms with Crippen molar-refractivity contribution in [2.24, 2.45) is 0 Å². The first-order valence-corrected chi connectivity index (χ1v) is 8.94. The van der Waals surface area contributed by atoms with E-state index in [0.29, 0.717) is 23.3 Å². The molecule has 1 aliphatic heterocycles. The first-order chi connectivity index (χ1) is 13.8. The average molecular weight is 396 g/mol. The van der Waals surface area contributed by atoms with Crippen LogP contribution in [0, 0.1) is 0 Å². The molecule has 1 unspecified atom stereocenters. The Bertz CT molecular complexity index is 1210. The highest BCUT2D eigenvalue weighted by atomic mass is 16.5. The van der Waals surface area contributed by atoms with Crippen LogP contribution >= 0.6 is 0 Å². The van der Waals surface area contributed by atoms with Crippen LogP contribution in [0.15, 0.2) is 45.6 Å². The molecule has 0 fully saturated rings. The molecule has 2 N–H and O–H groups in total. The van der Waals surface area contributed by atoms with Crippen LogP contribution in [0.25, 0.3) is 22.3 Å². The summed E-state index contributed by atoms with van der Waals surface area (Å²) >= 11 is 0. The molecule has 1 aliphatic rings. The molecule has 0 amide bonds. The summed E-state index contributed by atoms with van der Waals surface area (Å²) in [5.41, 5.74) is 1.49. The third-order valence-electron chi connectivity index (χ3n) is 5.03. The maximum absolute atomic E-state index is 13.1. The summed E-state index contributed by atoms with van der Waals surface area (Å²) in [5, 5.41) is 20.6. The van der Waals surface area contributed by atoms with E-state index in [9.17, 15) is 15.0 Å². The molecule has 2 aromatic carbocycles. The van der Waals surface area contributed by atoms with Crippen molar-refractivity contribution in [2.45, 2.75) is 19.4 Å². The molecule has 2 heterocycles. The lowest BCUT2D eigenvalue weighted by molar-refractivity contribution is 0.271. The highest BCUT2D eigenvalue weighted by Gasteiger charge is 2.30. The van der Waals surface area contributed by atoms with Crippen molar-refractivity contribution in [1.29, 1.82) is 0 Å². The minimum atomic E-state index is -0.505. The fourth-order valence-electron chi connectivity index (χ4n) is 3.49. The first kappa shape index (κ1) is 18.7. The highest BCUT2D eigenvalue weighted by Crippen LogP contribution is 2.44. The van der Waals surface area contributed by atoms with E-state index in [1.165, 1.54) is 26.4 Å². The summed E-state index contributed by atoms with van der Waals surface area (Å²) in [6.07, 6.45) is 0.149. The number of phenols is 2. The Labute approximate surface area is 166 Å². The van der Waals surface area contributed by atoms with Gasteiger partial charge < -0.3 is 28.8 Å². The van der Waals surface area contributed by atoms with Gasteiger partial charge in [0, 0.05) is 23.6 Å². The van der Waals surface area contributed by atoms with Crippen LogP contribution < -0.4 is 19.6 Å². The number of hydrogen-bond acceptors (Lipinski definition) is 7. The van der Waals surface area contributed by atoms with Gasteiger partial charge in [0.05, 0.1) is 14.2 Å². The Morgan fingerprint density at radius 2 is 1.97 bits per heavy atom. The zero-order valence-corrected chi connectivity index (χ0v) is 16.2. The second-order valence-corrected chi connectivity index (χ2v) is 6.91. The molecule has 0 aliphatic carbocycles. The SMILES string of the molecule is C=C(C)C1Cc2c(cc3oc(-c4ccc(O)c(OC)c4)c(OC)c(=O)c3c2O)O1. The molecule has 1 atom stereocenters. The van der Waals surface area contributed by atoms with Gasteiger partial charge in [-0.2, -0.15) is 0 Å². The minimum Gasteiger partial charge on any atom is -0.507 e. The predicted molar refractivity (Wildman–Crippen MR) is 107 cm³/mol. The summed E-state index contributed by atoms with van der Waals surface area (Å²) < 4.78 is 22.3. The number of aromatic hydroxyl groups is 2. The third-order valence-corrected chi connectivity index (χ3v) is 5.03. The summed E-state index contributed by atoms with van der Waals surface area (Å²) in [4.78, 5) is 13.1. The number of methoxy groups -OCH3 is 2. The topological polar surface area (TPSA) is 98.4 Å². The first-order valence-electron chi connectivity index (χ1n) is 8.94. The number of ether oxygens (including phenoxy) is 3. The zero-order valence-electron chi connectivity index (χ0n) is 16.2. The van der Waals surface area contributed by atoms with Gasteiger partial charge in [0.2, 0.25) is 11.2 Å². The van der Waals surface area contributed by atoms with Crippen molar-refractivity contribution >= 4 is 11.0 Å². The van der Waals surface area contributed by atoms with E-state index in [1.54, 1.807) is 12.1 Å². The summed E-state index contributed by atoms with van der Waals surface area (Å²) in [6.45, 7) is 5.74. The Morgan fingerprint density at radius 1 is 1.21 bits per heavy atom. The number of benzene rings is 2. The van der Waals surface area contributed by atoms with Crippen LogP contribution in [-0.2, 0) is 6.42 Å². The lowest BCUT2D eigenvalue weighted by Crippen LogP contribution is -2.13. The zero-order chi connectivity index (χ0) is 20.9. The van der Waals surface area contributed by atoms with Crippen molar-refractivity contribution in [3.63, 3.8) is 0 Å².